The molecule has 0 spiro atoms. The molecule has 0 radical (unpaired) electrons. The summed E-state index contributed by atoms with van der Waals surface area (Å²) in [7, 11) is 0. The number of nitrogens with zero attached hydrogens (tertiary/aromatic N) is 3. The van der Waals surface area contributed by atoms with E-state index in [1.165, 1.54) is 25.2 Å². The molecule has 0 N–H and O–H groups in total. The van der Waals surface area contributed by atoms with Crippen molar-refractivity contribution in [1.29, 1.82) is 0 Å². The van der Waals surface area contributed by atoms with E-state index < -0.39 is 0 Å². The van der Waals surface area contributed by atoms with E-state index in [2.05, 4.69) is 21.8 Å². The average Bonchev–Trinajstić information content (AvgIpc) is 2.34. The molecule has 1 aliphatic heterocycles. The molecule has 1 aromatic rings. The van der Waals surface area contributed by atoms with Crippen LogP contribution in [0.15, 0.2) is 12.4 Å². The maximum Gasteiger partial charge on any atom is 0.225 e. The van der Waals surface area contributed by atoms with Gasteiger partial charge in [0.1, 0.15) is 0 Å². The Morgan fingerprint density at radius 2 is 1.69 bits per heavy atom. The number of hydrogen-bond donors (Lipinski definition) is 0. The van der Waals surface area contributed by atoms with Crippen LogP contribution in [0.3, 0.4) is 0 Å². The average molecular weight is 225 g/mol. The third-order valence-electron chi connectivity index (χ3n) is 2.67. The van der Waals surface area contributed by atoms with Crippen LogP contribution >= 0.6 is 0 Å². The minimum absolute atomic E-state index is 0.376. The Kier molecular flexibility index (Phi) is 5.15. The van der Waals surface area contributed by atoms with Gasteiger partial charge in [-0.3, -0.25) is 0 Å². The predicted molar refractivity (Wildman–Crippen MR) is 63.9 cm³/mol. The third kappa shape index (κ3) is 3.43. The molecule has 0 aromatic carbocycles. The fourth-order valence-electron chi connectivity index (χ4n) is 1.68. The second kappa shape index (κ2) is 6.40. The molecular weight excluding hydrogens is 205 g/mol. The summed E-state index contributed by atoms with van der Waals surface area (Å²) in [6.07, 6.45) is 4.78. The predicted octanol–water partition coefficient (Wildman–Crippen LogP) is 2.88. The van der Waals surface area contributed by atoms with Crippen molar-refractivity contribution in [1.82, 2.24) is 9.97 Å². The van der Waals surface area contributed by atoms with Gasteiger partial charge in [-0.25, -0.2) is 14.4 Å². The zero-order valence-electron chi connectivity index (χ0n) is 10.3. The van der Waals surface area contributed by atoms with Gasteiger partial charge in [0.15, 0.2) is 5.82 Å². The van der Waals surface area contributed by atoms with Crippen LogP contribution in [0.1, 0.15) is 33.6 Å². The Bertz CT molecular complexity index is 292. The molecule has 0 unspecified atom stereocenters. The molecule has 90 valence electrons. The van der Waals surface area contributed by atoms with Gasteiger partial charge in [0, 0.05) is 13.1 Å². The van der Waals surface area contributed by atoms with Crippen LogP contribution in [0.25, 0.3) is 0 Å². The van der Waals surface area contributed by atoms with Crippen molar-refractivity contribution in [2.45, 2.75) is 33.6 Å². The summed E-state index contributed by atoms with van der Waals surface area (Å²) in [6.45, 7) is 8.21. The van der Waals surface area contributed by atoms with Gasteiger partial charge in [-0.1, -0.05) is 20.8 Å². The number of piperidine rings is 1. The van der Waals surface area contributed by atoms with Crippen LogP contribution in [-0.4, -0.2) is 23.1 Å². The fraction of sp³-hybridized carbons (Fsp3) is 0.667. The van der Waals surface area contributed by atoms with Crippen molar-refractivity contribution in [2.75, 3.05) is 18.0 Å². The molecule has 2 heterocycles. The highest BCUT2D eigenvalue weighted by atomic mass is 19.1. The van der Waals surface area contributed by atoms with Gasteiger partial charge in [0.2, 0.25) is 5.95 Å². The summed E-state index contributed by atoms with van der Waals surface area (Å²) in [5.74, 6) is 1.06. The Morgan fingerprint density at radius 1 is 1.19 bits per heavy atom. The molecular formula is C12H20FN3. The zero-order valence-corrected chi connectivity index (χ0v) is 10.3. The molecule has 1 aromatic heterocycles. The van der Waals surface area contributed by atoms with E-state index in [-0.39, 0.29) is 5.82 Å². The molecule has 1 saturated heterocycles. The Hall–Kier alpha value is -1.19. The van der Waals surface area contributed by atoms with E-state index in [1.54, 1.807) is 0 Å². The van der Waals surface area contributed by atoms with Gasteiger partial charge in [0.25, 0.3) is 0 Å². The quantitative estimate of drug-likeness (QED) is 0.736. The summed E-state index contributed by atoms with van der Waals surface area (Å²) in [5.41, 5.74) is 0. The van der Waals surface area contributed by atoms with Crippen LogP contribution < -0.4 is 4.90 Å². The first-order valence-corrected chi connectivity index (χ1v) is 5.98. The first-order valence-electron chi connectivity index (χ1n) is 5.98. The molecule has 0 bridgehead atoms. The van der Waals surface area contributed by atoms with Crippen molar-refractivity contribution in [2.24, 2.45) is 5.92 Å². The highest BCUT2D eigenvalue weighted by molar-refractivity contribution is 5.28. The molecule has 0 amide bonds. The van der Waals surface area contributed by atoms with Gasteiger partial charge >= 0.3 is 0 Å². The van der Waals surface area contributed by atoms with Gasteiger partial charge in [0.05, 0.1) is 12.4 Å². The van der Waals surface area contributed by atoms with Crippen LogP contribution in [0.5, 0.6) is 0 Å². The second-order valence-electron chi connectivity index (χ2n) is 3.87. The first kappa shape index (κ1) is 12.9. The zero-order chi connectivity index (χ0) is 12.0. The number of aromatic nitrogens is 2. The van der Waals surface area contributed by atoms with E-state index in [0.717, 1.165) is 19.0 Å². The molecule has 1 fully saturated rings. The van der Waals surface area contributed by atoms with E-state index >= 15 is 0 Å². The van der Waals surface area contributed by atoms with E-state index in [4.69, 9.17) is 0 Å². The third-order valence-corrected chi connectivity index (χ3v) is 2.67. The summed E-state index contributed by atoms with van der Waals surface area (Å²) in [4.78, 5) is 10.0. The molecule has 16 heavy (non-hydrogen) atoms. The normalized spacial score (nSPS) is 16.6. The minimum Gasteiger partial charge on any atom is -0.341 e. The van der Waals surface area contributed by atoms with E-state index in [9.17, 15) is 4.39 Å². The Morgan fingerprint density at radius 3 is 2.19 bits per heavy atom. The highest BCUT2D eigenvalue weighted by Crippen LogP contribution is 2.19. The van der Waals surface area contributed by atoms with Gasteiger partial charge in [-0.2, -0.15) is 0 Å². The van der Waals surface area contributed by atoms with Crippen molar-refractivity contribution >= 4 is 5.95 Å². The second-order valence-corrected chi connectivity index (χ2v) is 3.87. The summed E-state index contributed by atoms with van der Waals surface area (Å²) >= 11 is 0. The van der Waals surface area contributed by atoms with E-state index in [0.29, 0.717) is 5.95 Å². The van der Waals surface area contributed by atoms with Gasteiger partial charge < -0.3 is 4.90 Å². The molecule has 2 rings (SSSR count). The molecule has 0 atom stereocenters. The maximum absolute atomic E-state index is 12.6. The van der Waals surface area contributed by atoms with Crippen molar-refractivity contribution in [3.63, 3.8) is 0 Å². The van der Waals surface area contributed by atoms with Gasteiger partial charge in [-0.05, 0) is 18.8 Å². The number of rotatable bonds is 1. The lowest BCUT2D eigenvalue weighted by molar-refractivity contribution is 0.434. The monoisotopic (exact) mass is 225 g/mol. The summed E-state index contributed by atoms with van der Waals surface area (Å²) in [5, 5.41) is 0. The minimum atomic E-state index is -0.376. The Labute approximate surface area is 96.7 Å². The lowest BCUT2D eigenvalue weighted by Crippen LogP contribution is -2.34. The number of anilines is 1. The number of hydrogen-bond acceptors (Lipinski definition) is 3. The van der Waals surface area contributed by atoms with Crippen LogP contribution in [-0.2, 0) is 0 Å². The standard InChI is InChI=1S/C10H14FN3.C2H6/c1-8-2-4-14(5-3-8)10-12-6-9(11)7-13-10;1-2/h6-8H,2-5H2,1H3;1-2H3. The van der Waals surface area contributed by atoms with Crippen molar-refractivity contribution in [3.8, 4) is 0 Å². The van der Waals surface area contributed by atoms with E-state index in [1.807, 2.05) is 13.8 Å². The topological polar surface area (TPSA) is 29.0 Å². The summed E-state index contributed by atoms with van der Waals surface area (Å²) in [6, 6.07) is 0. The first-order chi connectivity index (χ1) is 7.75. The molecule has 4 heteroatoms. The lowest BCUT2D eigenvalue weighted by Gasteiger charge is -2.29. The molecule has 0 saturated carbocycles. The molecule has 0 aliphatic carbocycles. The number of halogens is 1. The van der Waals surface area contributed by atoms with Crippen molar-refractivity contribution in [3.05, 3.63) is 18.2 Å². The maximum atomic E-state index is 12.6. The molecule has 3 nitrogen and oxygen atoms in total. The fourth-order valence-corrected chi connectivity index (χ4v) is 1.68. The summed E-state index contributed by atoms with van der Waals surface area (Å²) < 4.78 is 12.6. The Balaban J connectivity index is 0.000000606. The highest BCUT2D eigenvalue weighted by Gasteiger charge is 2.17. The molecule has 1 aliphatic rings. The smallest absolute Gasteiger partial charge is 0.225 e. The SMILES string of the molecule is CC.CC1CCN(c2ncc(F)cn2)CC1. The largest absolute Gasteiger partial charge is 0.341 e. The van der Waals surface area contributed by atoms with Crippen LogP contribution in [0, 0.1) is 11.7 Å². The van der Waals surface area contributed by atoms with Gasteiger partial charge in [-0.15, -0.1) is 0 Å². The van der Waals surface area contributed by atoms with Crippen LogP contribution in [0.2, 0.25) is 0 Å². The van der Waals surface area contributed by atoms with Crippen molar-refractivity contribution < 1.29 is 4.39 Å². The lowest BCUT2D eigenvalue weighted by atomic mass is 10.00. The van der Waals surface area contributed by atoms with Crippen LogP contribution in [0.4, 0.5) is 10.3 Å².